The van der Waals surface area contributed by atoms with E-state index in [-0.39, 0.29) is 0 Å². The van der Waals surface area contributed by atoms with Crippen molar-refractivity contribution in [1.29, 1.82) is 0 Å². The summed E-state index contributed by atoms with van der Waals surface area (Å²) in [6.45, 7) is 7.13. The number of hydrogen-bond donors (Lipinski definition) is 1. The molecule has 22 heavy (non-hydrogen) atoms. The summed E-state index contributed by atoms with van der Waals surface area (Å²) in [5.41, 5.74) is 3.82. The van der Waals surface area contributed by atoms with E-state index in [1.807, 2.05) is 20.0 Å². The number of nitrogens with zero attached hydrogens (tertiary/aromatic N) is 2. The van der Waals surface area contributed by atoms with Gasteiger partial charge in [0, 0.05) is 23.9 Å². The van der Waals surface area contributed by atoms with Crippen molar-refractivity contribution >= 4 is 5.69 Å². The minimum absolute atomic E-state index is 0.628. The Bertz CT molecular complexity index is 640. The molecule has 5 nitrogen and oxygen atoms in total. The zero-order valence-corrected chi connectivity index (χ0v) is 13.6. The highest BCUT2D eigenvalue weighted by atomic mass is 16.5. The maximum atomic E-state index is 5.37. The SMILES string of the molecule is COc1ncc(-c2c(C)noc2C)cc1NCC1CC(C)C1. The van der Waals surface area contributed by atoms with Gasteiger partial charge in [-0.15, -0.1) is 0 Å². The molecule has 1 aliphatic rings. The average Bonchev–Trinajstić information content (AvgIpc) is 2.81. The first-order valence-electron chi connectivity index (χ1n) is 7.79. The zero-order valence-electron chi connectivity index (χ0n) is 13.6. The van der Waals surface area contributed by atoms with Crippen LogP contribution in [0.5, 0.6) is 5.88 Å². The Balaban J connectivity index is 1.83. The molecule has 0 aliphatic heterocycles. The van der Waals surface area contributed by atoms with Gasteiger partial charge in [0.25, 0.3) is 0 Å². The Hall–Kier alpha value is -2.04. The molecule has 0 bridgehead atoms. The molecule has 0 unspecified atom stereocenters. The van der Waals surface area contributed by atoms with E-state index < -0.39 is 0 Å². The van der Waals surface area contributed by atoms with Crippen molar-refractivity contribution < 1.29 is 9.26 Å². The second kappa shape index (κ2) is 5.99. The largest absolute Gasteiger partial charge is 0.480 e. The molecule has 2 aromatic heterocycles. The molecule has 1 N–H and O–H groups in total. The van der Waals surface area contributed by atoms with Crippen LogP contribution in [0.25, 0.3) is 11.1 Å². The molecule has 0 amide bonds. The number of methoxy groups -OCH3 is 1. The van der Waals surface area contributed by atoms with Crippen LogP contribution in [0, 0.1) is 25.7 Å². The predicted octanol–water partition coefficient (Wildman–Crippen LogP) is 3.82. The van der Waals surface area contributed by atoms with Crippen LogP contribution in [0.4, 0.5) is 5.69 Å². The van der Waals surface area contributed by atoms with E-state index in [1.54, 1.807) is 7.11 Å². The van der Waals surface area contributed by atoms with Crippen LogP contribution in [0.1, 0.15) is 31.2 Å². The van der Waals surface area contributed by atoms with Crippen LogP contribution in [0.15, 0.2) is 16.8 Å². The van der Waals surface area contributed by atoms with Crippen LogP contribution in [-0.4, -0.2) is 23.8 Å². The molecule has 0 atom stereocenters. The summed E-state index contributed by atoms with van der Waals surface area (Å²) in [7, 11) is 1.65. The molecular weight excluding hydrogens is 278 g/mol. The summed E-state index contributed by atoms with van der Waals surface area (Å²) in [5, 5.41) is 7.50. The number of nitrogens with one attached hydrogen (secondary N) is 1. The third-order valence-electron chi connectivity index (χ3n) is 4.42. The van der Waals surface area contributed by atoms with Crippen molar-refractivity contribution in [3.63, 3.8) is 0 Å². The first-order valence-corrected chi connectivity index (χ1v) is 7.79. The number of ether oxygens (including phenoxy) is 1. The standard InChI is InChI=1S/C17H23N3O2/c1-10-5-13(6-10)8-18-15-7-14(9-19-17(15)21-4)16-11(2)20-22-12(16)3/h7,9-10,13,18H,5-6,8H2,1-4H3. The van der Waals surface area contributed by atoms with E-state index in [2.05, 4.69) is 28.4 Å². The van der Waals surface area contributed by atoms with Crippen LogP contribution in [0.3, 0.4) is 0 Å². The molecule has 2 heterocycles. The topological polar surface area (TPSA) is 60.2 Å². The van der Waals surface area contributed by atoms with Gasteiger partial charge in [0.05, 0.1) is 18.5 Å². The zero-order chi connectivity index (χ0) is 15.7. The van der Waals surface area contributed by atoms with E-state index in [0.29, 0.717) is 5.88 Å². The normalized spacial score (nSPS) is 20.5. The first kappa shape index (κ1) is 14.9. The minimum atomic E-state index is 0.628. The maximum Gasteiger partial charge on any atom is 0.237 e. The second-order valence-corrected chi connectivity index (χ2v) is 6.30. The highest BCUT2D eigenvalue weighted by molar-refractivity contribution is 5.72. The molecule has 3 rings (SSSR count). The molecule has 118 valence electrons. The van der Waals surface area contributed by atoms with Crippen molar-refractivity contribution in [2.75, 3.05) is 19.0 Å². The number of aromatic nitrogens is 2. The lowest BCUT2D eigenvalue weighted by molar-refractivity contribution is 0.225. The summed E-state index contributed by atoms with van der Waals surface area (Å²) in [4.78, 5) is 4.42. The molecule has 2 aromatic rings. The van der Waals surface area contributed by atoms with Crippen molar-refractivity contribution in [1.82, 2.24) is 10.1 Å². The molecule has 5 heteroatoms. The third-order valence-corrected chi connectivity index (χ3v) is 4.42. The summed E-state index contributed by atoms with van der Waals surface area (Å²) >= 11 is 0. The molecule has 0 aromatic carbocycles. The predicted molar refractivity (Wildman–Crippen MR) is 86.1 cm³/mol. The summed E-state index contributed by atoms with van der Waals surface area (Å²) < 4.78 is 10.6. The molecule has 1 aliphatic carbocycles. The monoisotopic (exact) mass is 301 g/mol. The van der Waals surface area contributed by atoms with Gasteiger partial charge in [-0.3, -0.25) is 0 Å². The fraction of sp³-hybridized carbons (Fsp3) is 0.529. The lowest BCUT2D eigenvalue weighted by atomic mass is 9.76. The van der Waals surface area contributed by atoms with Crippen LogP contribution < -0.4 is 10.1 Å². The van der Waals surface area contributed by atoms with Gasteiger partial charge in [-0.05, 0) is 44.6 Å². The molecule has 0 saturated heterocycles. The number of hydrogen-bond acceptors (Lipinski definition) is 5. The van der Waals surface area contributed by atoms with Gasteiger partial charge in [-0.1, -0.05) is 12.1 Å². The lowest BCUT2D eigenvalue weighted by Gasteiger charge is -2.33. The summed E-state index contributed by atoms with van der Waals surface area (Å²) in [5.74, 6) is 3.05. The Morgan fingerprint density at radius 3 is 2.73 bits per heavy atom. The Morgan fingerprint density at radius 1 is 1.36 bits per heavy atom. The van der Waals surface area contributed by atoms with Gasteiger partial charge in [-0.25, -0.2) is 4.98 Å². The van der Waals surface area contributed by atoms with E-state index in [1.165, 1.54) is 12.8 Å². The Labute approximate surface area is 131 Å². The minimum Gasteiger partial charge on any atom is -0.480 e. The third kappa shape index (κ3) is 2.80. The van der Waals surface area contributed by atoms with E-state index >= 15 is 0 Å². The van der Waals surface area contributed by atoms with Crippen LogP contribution in [-0.2, 0) is 0 Å². The number of rotatable bonds is 5. The highest BCUT2D eigenvalue weighted by Crippen LogP contribution is 2.35. The van der Waals surface area contributed by atoms with Gasteiger partial charge >= 0.3 is 0 Å². The average molecular weight is 301 g/mol. The number of anilines is 1. The van der Waals surface area contributed by atoms with Crippen LogP contribution in [0.2, 0.25) is 0 Å². The molecule has 1 fully saturated rings. The fourth-order valence-corrected chi connectivity index (χ4v) is 3.26. The smallest absolute Gasteiger partial charge is 0.237 e. The van der Waals surface area contributed by atoms with E-state index in [9.17, 15) is 0 Å². The fourth-order valence-electron chi connectivity index (χ4n) is 3.26. The number of aryl methyl sites for hydroxylation is 2. The number of pyridine rings is 1. The van der Waals surface area contributed by atoms with E-state index in [0.717, 1.165) is 46.6 Å². The quantitative estimate of drug-likeness (QED) is 0.909. The van der Waals surface area contributed by atoms with Gasteiger partial charge in [0.1, 0.15) is 5.76 Å². The van der Waals surface area contributed by atoms with Crippen molar-refractivity contribution in [2.24, 2.45) is 11.8 Å². The van der Waals surface area contributed by atoms with Gasteiger partial charge < -0.3 is 14.6 Å². The van der Waals surface area contributed by atoms with Crippen molar-refractivity contribution in [2.45, 2.75) is 33.6 Å². The Morgan fingerprint density at radius 2 is 2.14 bits per heavy atom. The van der Waals surface area contributed by atoms with Crippen molar-refractivity contribution in [3.8, 4) is 17.0 Å². The summed E-state index contributed by atoms with van der Waals surface area (Å²) in [6, 6.07) is 2.07. The second-order valence-electron chi connectivity index (χ2n) is 6.30. The lowest BCUT2D eigenvalue weighted by Crippen LogP contribution is -2.27. The highest BCUT2D eigenvalue weighted by Gasteiger charge is 2.25. The Kier molecular flexibility index (Phi) is 4.05. The first-order chi connectivity index (χ1) is 10.6. The molecular formula is C17H23N3O2. The van der Waals surface area contributed by atoms with E-state index in [4.69, 9.17) is 9.26 Å². The van der Waals surface area contributed by atoms with Crippen molar-refractivity contribution in [3.05, 3.63) is 23.7 Å². The van der Waals surface area contributed by atoms with Gasteiger partial charge in [-0.2, -0.15) is 0 Å². The van der Waals surface area contributed by atoms with Gasteiger partial charge in [0.15, 0.2) is 0 Å². The molecule has 0 radical (unpaired) electrons. The van der Waals surface area contributed by atoms with Crippen LogP contribution >= 0.6 is 0 Å². The molecule has 1 saturated carbocycles. The molecule has 0 spiro atoms. The summed E-state index contributed by atoms with van der Waals surface area (Å²) in [6.07, 6.45) is 4.40. The maximum absolute atomic E-state index is 5.37. The van der Waals surface area contributed by atoms with Gasteiger partial charge in [0.2, 0.25) is 5.88 Å².